The van der Waals surface area contributed by atoms with E-state index in [-0.39, 0.29) is 0 Å². The minimum Gasteiger partial charge on any atom is -0.329 e. The molecular formula is C18H30N2. The van der Waals surface area contributed by atoms with Crippen LogP contribution in [0, 0.1) is 12.3 Å². The molecule has 1 atom stereocenters. The number of hydrogen-bond acceptors (Lipinski definition) is 2. The van der Waals surface area contributed by atoms with E-state index >= 15 is 0 Å². The summed E-state index contributed by atoms with van der Waals surface area (Å²) in [6.45, 7) is 7.63. The van der Waals surface area contributed by atoms with E-state index in [9.17, 15) is 0 Å². The predicted octanol–water partition coefficient (Wildman–Crippen LogP) is 3.90. The zero-order valence-electron chi connectivity index (χ0n) is 13.5. The van der Waals surface area contributed by atoms with Crippen LogP contribution in [0.25, 0.3) is 0 Å². The van der Waals surface area contributed by atoms with Gasteiger partial charge in [-0.25, -0.2) is 0 Å². The van der Waals surface area contributed by atoms with Crippen LogP contribution in [0.2, 0.25) is 0 Å². The zero-order chi connectivity index (χ0) is 14.8. The van der Waals surface area contributed by atoms with E-state index in [1.54, 1.807) is 0 Å². The van der Waals surface area contributed by atoms with Gasteiger partial charge in [0.25, 0.3) is 0 Å². The molecule has 0 aliphatic heterocycles. The first-order valence-electron chi connectivity index (χ1n) is 7.91. The zero-order valence-corrected chi connectivity index (χ0v) is 13.5. The fraction of sp³-hybridized carbons (Fsp3) is 0.667. The van der Waals surface area contributed by atoms with Crippen molar-refractivity contribution in [2.75, 3.05) is 13.6 Å². The third-order valence-electron chi connectivity index (χ3n) is 5.03. The molecule has 2 N–H and O–H groups in total. The van der Waals surface area contributed by atoms with Crippen LogP contribution in [-0.2, 0) is 0 Å². The Balaban J connectivity index is 2.08. The first-order valence-corrected chi connectivity index (χ1v) is 7.91. The molecule has 0 heterocycles. The molecule has 0 bridgehead atoms. The number of hydrogen-bond donors (Lipinski definition) is 1. The summed E-state index contributed by atoms with van der Waals surface area (Å²) < 4.78 is 0. The van der Waals surface area contributed by atoms with Crippen LogP contribution >= 0.6 is 0 Å². The van der Waals surface area contributed by atoms with E-state index in [1.165, 1.54) is 36.8 Å². The maximum absolute atomic E-state index is 6.07. The van der Waals surface area contributed by atoms with Crippen LogP contribution in [0.5, 0.6) is 0 Å². The van der Waals surface area contributed by atoms with Gasteiger partial charge in [0.15, 0.2) is 0 Å². The average Bonchev–Trinajstić information content (AvgIpc) is 2.39. The summed E-state index contributed by atoms with van der Waals surface area (Å²) >= 11 is 0. The van der Waals surface area contributed by atoms with Gasteiger partial charge in [0.2, 0.25) is 0 Å². The number of nitrogens with two attached hydrogens (primary N) is 1. The molecule has 2 rings (SSSR count). The van der Waals surface area contributed by atoms with Crippen molar-refractivity contribution in [2.45, 2.75) is 58.5 Å². The molecule has 1 aromatic carbocycles. The molecule has 0 aromatic heterocycles. The van der Waals surface area contributed by atoms with E-state index in [4.69, 9.17) is 5.73 Å². The van der Waals surface area contributed by atoms with Gasteiger partial charge in [0, 0.05) is 18.6 Å². The van der Waals surface area contributed by atoms with Gasteiger partial charge in [-0.05, 0) is 50.6 Å². The van der Waals surface area contributed by atoms with Gasteiger partial charge >= 0.3 is 0 Å². The van der Waals surface area contributed by atoms with E-state index < -0.39 is 0 Å². The third kappa shape index (κ3) is 3.62. The molecule has 112 valence electrons. The SMILES string of the molecule is Cc1cccc(C(CN)N(C)C2CCC(C)(C)CC2)c1. The van der Waals surface area contributed by atoms with Crippen molar-refractivity contribution >= 4 is 0 Å². The molecule has 1 saturated carbocycles. The van der Waals surface area contributed by atoms with E-state index in [2.05, 4.69) is 57.0 Å². The second-order valence-corrected chi connectivity index (χ2v) is 7.23. The standard InChI is InChI=1S/C18H30N2/c1-14-6-5-7-15(12-14)17(13-19)20(4)16-8-10-18(2,3)11-9-16/h5-7,12,16-17H,8-11,13,19H2,1-4H3. The highest BCUT2D eigenvalue weighted by molar-refractivity contribution is 5.25. The monoisotopic (exact) mass is 274 g/mol. The molecule has 0 amide bonds. The highest BCUT2D eigenvalue weighted by Crippen LogP contribution is 2.38. The highest BCUT2D eigenvalue weighted by Gasteiger charge is 2.31. The smallest absolute Gasteiger partial charge is 0.0470 e. The second kappa shape index (κ2) is 6.28. The Kier molecular flexibility index (Phi) is 4.87. The molecule has 20 heavy (non-hydrogen) atoms. The Labute approximate surface area is 124 Å². The summed E-state index contributed by atoms with van der Waals surface area (Å²) in [6.07, 6.45) is 5.25. The van der Waals surface area contributed by atoms with Crippen LogP contribution in [-0.4, -0.2) is 24.5 Å². The Morgan fingerprint density at radius 2 is 1.95 bits per heavy atom. The minimum atomic E-state index is 0.348. The Bertz CT molecular complexity index is 429. The predicted molar refractivity (Wildman–Crippen MR) is 86.8 cm³/mol. The maximum Gasteiger partial charge on any atom is 0.0470 e. The van der Waals surface area contributed by atoms with Gasteiger partial charge in [-0.15, -0.1) is 0 Å². The second-order valence-electron chi connectivity index (χ2n) is 7.23. The summed E-state index contributed by atoms with van der Waals surface area (Å²) in [4.78, 5) is 2.52. The molecule has 1 fully saturated rings. The van der Waals surface area contributed by atoms with Crippen LogP contribution in [0.1, 0.15) is 56.7 Å². The van der Waals surface area contributed by atoms with Crippen LogP contribution in [0.3, 0.4) is 0 Å². The lowest BCUT2D eigenvalue weighted by Crippen LogP contribution is -2.41. The number of benzene rings is 1. The van der Waals surface area contributed by atoms with E-state index in [0.717, 1.165) is 0 Å². The topological polar surface area (TPSA) is 29.3 Å². The fourth-order valence-electron chi connectivity index (χ4n) is 3.46. The minimum absolute atomic E-state index is 0.348. The number of likely N-dealkylation sites (N-methyl/N-ethyl adjacent to an activating group) is 1. The molecule has 1 unspecified atom stereocenters. The number of rotatable bonds is 4. The first kappa shape index (κ1) is 15.5. The lowest BCUT2D eigenvalue weighted by atomic mass is 9.75. The molecule has 0 radical (unpaired) electrons. The van der Waals surface area contributed by atoms with Crippen molar-refractivity contribution in [1.29, 1.82) is 0 Å². The van der Waals surface area contributed by atoms with Gasteiger partial charge in [-0.1, -0.05) is 43.7 Å². The lowest BCUT2D eigenvalue weighted by molar-refractivity contribution is 0.0966. The Morgan fingerprint density at radius 1 is 1.30 bits per heavy atom. The third-order valence-corrected chi connectivity index (χ3v) is 5.03. The highest BCUT2D eigenvalue weighted by atomic mass is 15.2. The lowest BCUT2D eigenvalue weighted by Gasteiger charge is -2.41. The quantitative estimate of drug-likeness (QED) is 0.902. The summed E-state index contributed by atoms with van der Waals surface area (Å²) in [5.74, 6) is 0. The first-order chi connectivity index (χ1) is 9.43. The van der Waals surface area contributed by atoms with Gasteiger partial charge in [-0.3, -0.25) is 4.90 Å². The largest absolute Gasteiger partial charge is 0.329 e. The van der Waals surface area contributed by atoms with Gasteiger partial charge in [0.1, 0.15) is 0 Å². The van der Waals surface area contributed by atoms with Gasteiger partial charge in [0.05, 0.1) is 0 Å². The van der Waals surface area contributed by atoms with E-state index in [1.807, 2.05) is 0 Å². The fourth-order valence-corrected chi connectivity index (χ4v) is 3.46. The van der Waals surface area contributed by atoms with Crippen molar-refractivity contribution in [3.05, 3.63) is 35.4 Å². The summed E-state index contributed by atoms with van der Waals surface area (Å²) in [5, 5.41) is 0. The van der Waals surface area contributed by atoms with Crippen LogP contribution in [0.4, 0.5) is 0 Å². The van der Waals surface area contributed by atoms with E-state index in [0.29, 0.717) is 24.0 Å². The average molecular weight is 274 g/mol. The molecule has 1 aliphatic carbocycles. The summed E-state index contributed by atoms with van der Waals surface area (Å²) in [5.41, 5.74) is 9.28. The van der Waals surface area contributed by atoms with Crippen molar-refractivity contribution < 1.29 is 0 Å². The van der Waals surface area contributed by atoms with Crippen molar-refractivity contribution in [3.63, 3.8) is 0 Å². The van der Waals surface area contributed by atoms with Crippen LogP contribution < -0.4 is 5.73 Å². The molecule has 0 saturated heterocycles. The van der Waals surface area contributed by atoms with Gasteiger partial charge in [-0.2, -0.15) is 0 Å². The molecule has 1 aromatic rings. The molecule has 1 aliphatic rings. The Hall–Kier alpha value is -0.860. The molecular weight excluding hydrogens is 244 g/mol. The van der Waals surface area contributed by atoms with Crippen molar-refractivity contribution in [1.82, 2.24) is 4.90 Å². The van der Waals surface area contributed by atoms with Crippen molar-refractivity contribution in [2.24, 2.45) is 11.1 Å². The molecule has 2 heteroatoms. The number of nitrogens with zero attached hydrogens (tertiary/aromatic N) is 1. The molecule has 0 spiro atoms. The normalized spacial score (nSPS) is 21.1. The van der Waals surface area contributed by atoms with Crippen LogP contribution in [0.15, 0.2) is 24.3 Å². The molecule has 2 nitrogen and oxygen atoms in total. The maximum atomic E-state index is 6.07. The van der Waals surface area contributed by atoms with Crippen molar-refractivity contribution in [3.8, 4) is 0 Å². The van der Waals surface area contributed by atoms with Gasteiger partial charge < -0.3 is 5.73 Å². The number of aryl methyl sites for hydroxylation is 1. The Morgan fingerprint density at radius 3 is 2.50 bits per heavy atom. The summed E-state index contributed by atoms with van der Waals surface area (Å²) in [6, 6.07) is 9.82. The summed E-state index contributed by atoms with van der Waals surface area (Å²) in [7, 11) is 2.25.